The minimum absolute atomic E-state index is 0.102. The fourth-order valence-electron chi connectivity index (χ4n) is 4.00. The quantitative estimate of drug-likeness (QED) is 0.826. The Bertz CT molecular complexity index is 437. The highest BCUT2D eigenvalue weighted by Crippen LogP contribution is 2.50. The average molecular weight is 229 g/mol. The highest BCUT2D eigenvalue weighted by molar-refractivity contribution is 5.31. The van der Waals surface area contributed by atoms with E-state index in [2.05, 4.69) is 32.0 Å². The molecule has 3 unspecified atom stereocenters. The number of hydrogen-bond donors (Lipinski definition) is 1. The van der Waals surface area contributed by atoms with E-state index in [0.717, 1.165) is 18.3 Å². The van der Waals surface area contributed by atoms with Crippen LogP contribution in [0.3, 0.4) is 0 Å². The summed E-state index contributed by atoms with van der Waals surface area (Å²) in [6, 6.07) is 6.83. The number of nitrogens with two attached hydrogens (primary N) is 1. The molecule has 0 spiro atoms. The Kier molecular flexibility index (Phi) is 2.55. The van der Waals surface area contributed by atoms with Crippen LogP contribution in [0.2, 0.25) is 0 Å². The Hall–Kier alpha value is -0.820. The second-order valence-electron chi connectivity index (χ2n) is 6.41. The molecule has 0 amide bonds. The Morgan fingerprint density at radius 1 is 1.24 bits per heavy atom. The molecule has 2 N–H and O–H groups in total. The molecule has 2 bridgehead atoms. The minimum Gasteiger partial charge on any atom is -0.325 e. The summed E-state index contributed by atoms with van der Waals surface area (Å²) < 4.78 is 0. The van der Waals surface area contributed by atoms with E-state index in [9.17, 15) is 0 Å². The second-order valence-corrected chi connectivity index (χ2v) is 6.41. The smallest absolute Gasteiger partial charge is 0.0226 e. The molecular formula is C16H23N. The molecule has 2 fully saturated rings. The lowest BCUT2D eigenvalue weighted by Gasteiger charge is -2.34. The van der Waals surface area contributed by atoms with Crippen LogP contribution >= 0.6 is 0 Å². The van der Waals surface area contributed by atoms with Crippen LogP contribution in [0.4, 0.5) is 0 Å². The fraction of sp³-hybridized carbons (Fsp3) is 0.625. The molecule has 3 atom stereocenters. The molecular weight excluding hydrogens is 206 g/mol. The standard InChI is InChI=1S/C16H23N/c1-11-3-4-13(7-12(11)2)9-16(17)10-14-5-6-15(16)8-14/h3-4,7,14-15H,5-6,8-10,17H2,1-2H3. The topological polar surface area (TPSA) is 26.0 Å². The van der Waals surface area contributed by atoms with Gasteiger partial charge in [-0.15, -0.1) is 0 Å². The van der Waals surface area contributed by atoms with Crippen LogP contribution in [0.25, 0.3) is 0 Å². The highest BCUT2D eigenvalue weighted by Gasteiger charge is 2.48. The number of benzene rings is 1. The van der Waals surface area contributed by atoms with E-state index in [1.54, 1.807) is 0 Å². The van der Waals surface area contributed by atoms with Gasteiger partial charge in [-0.2, -0.15) is 0 Å². The predicted molar refractivity (Wildman–Crippen MR) is 72.0 cm³/mol. The number of fused-ring (bicyclic) bond motifs is 2. The van der Waals surface area contributed by atoms with Gasteiger partial charge in [-0.1, -0.05) is 24.6 Å². The number of hydrogen-bond acceptors (Lipinski definition) is 1. The van der Waals surface area contributed by atoms with Gasteiger partial charge in [0.2, 0.25) is 0 Å². The minimum atomic E-state index is 0.102. The average Bonchev–Trinajstić information content (AvgIpc) is 2.83. The van der Waals surface area contributed by atoms with Crippen LogP contribution in [-0.2, 0) is 6.42 Å². The molecule has 3 rings (SSSR count). The first-order chi connectivity index (χ1) is 8.07. The molecule has 17 heavy (non-hydrogen) atoms. The molecule has 1 aromatic carbocycles. The number of rotatable bonds is 2. The van der Waals surface area contributed by atoms with Gasteiger partial charge in [0, 0.05) is 5.54 Å². The molecule has 1 heteroatoms. The van der Waals surface area contributed by atoms with E-state index in [4.69, 9.17) is 5.73 Å². The predicted octanol–water partition coefficient (Wildman–Crippen LogP) is 3.36. The number of aryl methyl sites for hydroxylation is 2. The maximum atomic E-state index is 6.66. The third kappa shape index (κ3) is 1.91. The summed E-state index contributed by atoms with van der Waals surface area (Å²) in [7, 11) is 0. The molecule has 0 aliphatic heterocycles. The van der Waals surface area contributed by atoms with E-state index >= 15 is 0 Å². The Balaban J connectivity index is 1.80. The van der Waals surface area contributed by atoms with Gasteiger partial charge in [0.05, 0.1) is 0 Å². The van der Waals surface area contributed by atoms with Crippen molar-refractivity contribution in [1.82, 2.24) is 0 Å². The van der Waals surface area contributed by atoms with Gasteiger partial charge in [0.1, 0.15) is 0 Å². The first-order valence-corrected chi connectivity index (χ1v) is 6.92. The lowest BCUT2D eigenvalue weighted by molar-refractivity contribution is 0.269. The molecule has 0 aromatic heterocycles. The fourth-order valence-corrected chi connectivity index (χ4v) is 4.00. The SMILES string of the molecule is Cc1ccc(CC2(N)CC3CCC2C3)cc1C. The van der Waals surface area contributed by atoms with E-state index in [0.29, 0.717) is 0 Å². The Morgan fingerprint density at radius 2 is 2.06 bits per heavy atom. The van der Waals surface area contributed by atoms with Gasteiger partial charge in [-0.3, -0.25) is 0 Å². The van der Waals surface area contributed by atoms with Crippen molar-refractivity contribution in [2.24, 2.45) is 17.6 Å². The Morgan fingerprint density at radius 3 is 2.65 bits per heavy atom. The van der Waals surface area contributed by atoms with E-state index in [1.807, 2.05) is 0 Å². The Labute approximate surface area is 104 Å². The van der Waals surface area contributed by atoms with Crippen molar-refractivity contribution in [1.29, 1.82) is 0 Å². The molecule has 2 aliphatic rings. The van der Waals surface area contributed by atoms with Crippen LogP contribution in [0.15, 0.2) is 18.2 Å². The maximum Gasteiger partial charge on any atom is 0.0226 e. The van der Waals surface area contributed by atoms with Crippen molar-refractivity contribution in [3.63, 3.8) is 0 Å². The molecule has 1 aromatic rings. The van der Waals surface area contributed by atoms with Gasteiger partial charge >= 0.3 is 0 Å². The summed E-state index contributed by atoms with van der Waals surface area (Å²) in [5.41, 5.74) is 11.0. The van der Waals surface area contributed by atoms with Crippen LogP contribution in [0.1, 0.15) is 42.4 Å². The summed E-state index contributed by atoms with van der Waals surface area (Å²) in [5.74, 6) is 1.71. The molecule has 2 saturated carbocycles. The lowest BCUT2D eigenvalue weighted by atomic mass is 9.77. The zero-order chi connectivity index (χ0) is 12.0. The summed E-state index contributed by atoms with van der Waals surface area (Å²) in [6.07, 6.45) is 6.52. The van der Waals surface area contributed by atoms with Crippen molar-refractivity contribution >= 4 is 0 Å². The van der Waals surface area contributed by atoms with Crippen molar-refractivity contribution < 1.29 is 0 Å². The van der Waals surface area contributed by atoms with Crippen LogP contribution in [0, 0.1) is 25.7 Å². The molecule has 0 saturated heterocycles. The molecule has 0 heterocycles. The zero-order valence-electron chi connectivity index (χ0n) is 11.0. The molecule has 1 nitrogen and oxygen atoms in total. The normalized spacial score (nSPS) is 35.5. The maximum absolute atomic E-state index is 6.66. The first kappa shape index (κ1) is 11.3. The van der Waals surface area contributed by atoms with Gasteiger partial charge in [0.15, 0.2) is 0 Å². The summed E-state index contributed by atoms with van der Waals surface area (Å²) in [4.78, 5) is 0. The molecule has 92 valence electrons. The van der Waals surface area contributed by atoms with Crippen LogP contribution in [-0.4, -0.2) is 5.54 Å². The third-order valence-electron chi connectivity index (χ3n) is 5.13. The lowest BCUT2D eigenvalue weighted by Crippen LogP contribution is -2.46. The van der Waals surface area contributed by atoms with Gasteiger partial charge in [-0.05, 0) is 68.1 Å². The second kappa shape index (κ2) is 3.84. The first-order valence-electron chi connectivity index (χ1n) is 6.92. The van der Waals surface area contributed by atoms with Crippen molar-refractivity contribution in [3.8, 4) is 0 Å². The van der Waals surface area contributed by atoms with Crippen molar-refractivity contribution in [2.45, 2.75) is 51.5 Å². The van der Waals surface area contributed by atoms with Crippen LogP contribution in [0.5, 0.6) is 0 Å². The van der Waals surface area contributed by atoms with Crippen molar-refractivity contribution in [3.05, 3.63) is 34.9 Å². The highest BCUT2D eigenvalue weighted by atomic mass is 14.8. The summed E-state index contributed by atoms with van der Waals surface area (Å²) in [6.45, 7) is 4.37. The van der Waals surface area contributed by atoms with Gasteiger partial charge < -0.3 is 5.73 Å². The summed E-state index contributed by atoms with van der Waals surface area (Å²) >= 11 is 0. The van der Waals surface area contributed by atoms with Gasteiger partial charge in [-0.25, -0.2) is 0 Å². The summed E-state index contributed by atoms with van der Waals surface area (Å²) in [5, 5.41) is 0. The molecule has 2 aliphatic carbocycles. The molecule has 0 radical (unpaired) electrons. The van der Waals surface area contributed by atoms with E-state index < -0.39 is 0 Å². The van der Waals surface area contributed by atoms with E-state index in [-0.39, 0.29) is 5.54 Å². The third-order valence-corrected chi connectivity index (χ3v) is 5.13. The zero-order valence-corrected chi connectivity index (χ0v) is 11.0. The van der Waals surface area contributed by atoms with E-state index in [1.165, 1.54) is 42.4 Å². The largest absolute Gasteiger partial charge is 0.325 e. The van der Waals surface area contributed by atoms with Gasteiger partial charge in [0.25, 0.3) is 0 Å². The van der Waals surface area contributed by atoms with Crippen molar-refractivity contribution in [2.75, 3.05) is 0 Å². The van der Waals surface area contributed by atoms with Crippen LogP contribution < -0.4 is 5.73 Å². The monoisotopic (exact) mass is 229 g/mol.